The predicted octanol–water partition coefficient (Wildman–Crippen LogP) is 0.109. The number of methoxy groups -OCH3 is 1. The summed E-state index contributed by atoms with van der Waals surface area (Å²) in [6, 6.07) is 3.34. The minimum absolute atomic E-state index is 0.0748. The summed E-state index contributed by atoms with van der Waals surface area (Å²) < 4.78 is 6.48. The van der Waals surface area contributed by atoms with Crippen LogP contribution in [0, 0.1) is 0 Å². The maximum absolute atomic E-state index is 12.2. The highest BCUT2D eigenvalue weighted by atomic mass is 16.5. The molecule has 0 bridgehead atoms. The summed E-state index contributed by atoms with van der Waals surface area (Å²) in [6.07, 6.45) is 3.78. The van der Waals surface area contributed by atoms with Gasteiger partial charge in [0.05, 0.1) is 13.7 Å². The van der Waals surface area contributed by atoms with Gasteiger partial charge in [-0.25, -0.2) is 0 Å². The minimum atomic E-state index is -0.469. The Bertz CT molecular complexity index is 829. The molecule has 1 aliphatic heterocycles. The Morgan fingerprint density at radius 1 is 1.28 bits per heavy atom. The zero-order valence-electron chi connectivity index (χ0n) is 14.2. The molecule has 1 saturated heterocycles. The van der Waals surface area contributed by atoms with Crippen LogP contribution in [0.2, 0.25) is 0 Å². The number of anilines is 1. The summed E-state index contributed by atoms with van der Waals surface area (Å²) in [6.45, 7) is 1.86. The van der Waals surface area contributed by atoms with Crippen molar-refractivity contribution in [2.24, 2.45) is 7.05 Å². The Balaban J connectivity index is 1.76. The molecule has 1 N–H and O–H groups in total. The van der Waals surface area contributed by atoms with E-state index in [0.717, 1.165) is 25.9 Å². The van der Waals surface area contributed by atoms with Gasteiger partial charge in [-0.15, -0.1) is 0 Å². The van der Waals surface area contributed by atoms with Crippen LogP contribution in [0.1, 0.15) is 29.0 Å². The number of hydrogen-bond donors (Lipinski definition) is 1. The van der Waals surface area contributed by atoms with Gasteiger partial charge in [0.1, 0.15) is 5.56 Å². The standard InChI is InChI=1S/C16H20N6O3/c1-21-7-5-6-11(14(21)24)13(23)17-10-12-18-15(20-16(19-12)25-2)22-8-3-4-9-22/h5-7H,3-4,8-10H2,1-2H3,(H,17,23). The van der Waals surface area contributed by atoms with Crippen molar-refractivity contribution in [2.45, 2.75) is 19.4 Å². The van der Waals surface area contributed by atoms with E-state index < -0.39 is 5.91 Å². The molecule has 2 aromatic rings. The third-order valence-electron chi connectivity index (χ3n) is 4.00. The maximum atomic E-state index is 12.2. The largest absolute Gasteiger partial charge is 0.467 e. The third-order valence-corrected chi connectivity index (χ3v) is 4.00. The van der Waals surface area contributed by atoms with Crippen molar-refractivity contribution < 1.29 is 9.53 Å². The van der Waals surface area contributed by atoms with Gasteiger partial charge >= 0.3 is 6.01 Å². The number of ether oxygens (including phenoxy) is 1. The van der Waals surface area contributed by atoms with Crippen molar-refractivity contribution in [3.63, 3.8) is 0 Å². The number of aryl methyl sites for hydroxylation is 1. The van der Waals surface area contributed by atoms with Crippen LogP contribution < -0.4 is 20.5 Å². The average Bonchev–Trinajstić information content (AvgIpc) is 3.16. The second-order valence-electron chi connectivity index (χ2n) is 5.75. The molecule has 0 radical (unpaired) electrons. The number of carbonyl (C=O) groups excluding carboxylic acids is 1. The van der Waals surface area contributed by atoms with Gasteiger partial charge in [0.2, 0.25) is 5.95 Å². The first-order chi connectivity index (χ1) is 12.1. The Hall–Kier alpha value is -2.97. The molecule has 0 spiro atoms. The summed E-state index contributed by atoms with van der Waals surface area (Å²) in [5.74, 6) is 0.461. The molecular formula is C16H20N6O3. The molecule has 0 saturated carbocycles. The lowest BCUT2D eigenvalue weighted by atomic mass is 10.2. The summed E-state index contributed by atoms with van der Waals surface area (Å²) in [7, 11) is 3.08. The van der Waals surface area contributed by atoms with Crippen molar-refractivity contribution in [3.8, 4) is 6.01 Å². The summed E-state index contributed by atoms with van der Waals surface area (Å²) in [5.41, 5.74) is -0.281. The van der Waals surface area contributed by atoms with Gasteiger partial charge in [0, 0.05) is 26.3 Å². The molecule has 1 amide bonds. The van der Waals surface area contributed by atoms with Gasteiger partial charge in [-0.05, 0) is 25.0 Å². The zero-order valence-corrected chi connectivity index (χ0v) is 14.2. The Morgan fingerprint density at radius 3 is 2.76 bits per heavy atom. The van der Waals surface area contributed by atoms with Crippen LogP contribution in [0.25, 0.3) is 0 Å². The lowest BCUT2D eigenvalue weighted by Gasteiger charge is -2.16. The molecule has 0 aliphatic carbocycles. The summed E-state index contributed by atoms with van der Waals surface area (Å²) in [4.78, 5) is 39.1. The lowest BCUT2D eigenvalue weighted by molar-refractivity contribution is 0.0947. The van der Waals surface area contributed by atoms with E-state index in [-0.39, 0.29) is 23.7 Å². The molecule has 3 heterocycles. The first-order valence-corrected chi connectivity index (χ1v) is 8.06. The molecule has 1 fully saturated rings. The fourth-order valence-corrected chi connectivity index (χ4v) is 2.64. The highest BCUT2D eigenvalue weighted by Crippen LogP contribution is 2.17. The molecule has 9 heteroatoms. The number of rotatable bonds is 5. The van der Waals surface area contributed by atoms with Crippen LogP contribution in [-0.2, 0) is 13.6 Å². The van der Waals surface area contributed by atoms with Gasteiger partial charge < -0.3 is 19.5 Å². The number of amides is 1. The van der Waals surface area contributed by atoms with E-state index in [2.05, 4.69) is 25.2 Å². The number of hydrogen-bond acceptors (Lipinski definition) is 7. The topological polar surface area (TPSA) is 102 Å². The van der Waals surface area contributed by atoms with Crippen molar-refractivity contribution in [1.82, 2.24) is 24.8 Å². The van der Waals surface area contributed by atoms with E-state index in [0.29, 0.717) is 11.8 Å². The zero-order chi connectivity index (χ0) is 17.8. The summed E-state index contributed by atoms with van der Waals surface area (Å²) >= 11 is 0. The fourth-order valence-electron chi connectivity index (χ4n) is 2.64. The lowest BCUT2D eigenvalue weighted by Crippen LogP contribution is -2.32. The van der Waals surface area contributed by atoms with Crippen molar-refractivity contribution in [1.29, 1.82) is 0 Å². The number of nitrogens with zero attached hydrogens (tertiary/aromatic N) is 5. The van der Waals surface area contributed by atoms with Crippen LogP contribution in [0.4, 0.5) is 5.95 Å². The third kappa shape index (κ3) is 3.76. The summed E-state index contributed by atoms with van der Waals surface area (Å²) in [5, 5.41) is 2.67. The normalized spacial score (nSPS) is 13.8. The Labute approximate surface area is 144 Å². The van der Waals surface area contributed by atoms with Gasteiger partial charge in [-0.3, -0.25) is 9.59 Å². The molecule has 2 aromatic heterocycles. The molecular weight excluding hydrogens is 324 g/mol. The highest BCUT2D eigenvalue weighted by molar-refractivity contribution is 5.93. The van der Waals surface area contributed by atoms with Crippen LogP contribution in [0.15, 0.2) is 23.1 Å². The molecule has 0 aromatic carbocycles. The second-order valence-corrected chi connectivity index (χ2v) is 5.75. The van der Waals surface area contributed by atoms with E-state index in [1.165, 1.54) is 17.7 Å². The number of pyridine rings is 1. The van der Waals surface area contributed by atoms with E-state index >= 15 is 0 Å². The molecule has 0 atom stereocenters. The molecule has 9 nitrogen and oxygen atoms in total. The van der Waals surface area contributed by atoms with E-state index in [1.54, 1.807) is 19.3 Å². The van der Waals surface area contributed by atoms with Crippen LogP contribution in [0.3, 0.4) is 0 Å². The van der Waals surface area contributed by atoms with Gasteiger partial charge in [-0.1, -0.05) is 0 Å². The number of nitrogens with one attached hydrogen (secondary N) is 1. The first-order valence-electron chi connectivity index (χ1n) is 8.06. The quantitative estimate of drug-likeness (QED) is 0.821. The molecule has 25 heavy (non-hydrogen) atoms. The van der Waals surface area contributed by atoms with Crippen molar-refractivity contribution in [2.75, 3.05) is 25.1 Å². The smallest absolute Gasteiger partial charge is 0.321 e. The SMILES string of the molecule is COc1nc(CNC(=O)c2cccn(C)c2=O)nc(N2CCCC2)n1. The van der Waals surface area contributed by atoms with Gasteiger partial charge in [0.15, 0.2) is 5.82 Å². The van der Waals surface area contributed by atoms with Crippen LogP contribution >= 0.6 is 0 Å². The Morgan fingerprint density at radius 2 is 2.04 bits per heavy atom. The molecule has 1 aliphatic rings. The van der Waals surface area contributed by atoms with E-state index in [9.17, 15) is 9.59 Å². The van der Waals surface area contributed by atoms with E-state index in [1.807, 2.05) is 0 Å². The van der Waals surface area contributed by atoms with Crippen molar-refractivity contribution in [3.05, 3.63) is 40.1 Å². The monoisotopic (exact) mass is 344 g/mol. The van der Waals surface area contributed by atoms with Crippen LogP contribution in [0.5, 0.6) is 6.01 Å². The first kappa shape index (κ1) is 16.9. The fraction of sp³-hybridized carbons (Fsp3) is 0.438. The minimum Gasteiger partial charge on any atom is -0.467 e. The molecule has 0 unspecified atom stereocenters. The van der Waals surface area contributed by atoms with Crippen LogP contribution in [-0.4, -0.2) is 45.6 Å². The average molecular weight is 344 g/mol. The Kier molecular flexibility index (Phi) is 4.92. The van der Waals surface area contributed by atoms with Gasteiger partial charge in [-0.2, -0.15) is 15.0 Å². The van der Waals surface area contributed by atoms with E-state index in [4.69, 9.17) is 4.74 Å². The predicted molar refractivity (Wildman–Crippen MR) is 90.7 cm³/mol. The highest BCUT2D eigenvalue weighted by Gasteiger charge is 2.18. The second kappa shape index (κ2) is 7.29. The van der Waals surface area contributed by atoms with Crippen molar-refractivity contribution >= 4 is 11.9 Å². The maximum Gasteiger partial charge on any atom is 0.321 e. The molecule has 132 valence electrons. The number of aromatic nitrogens is 4. The van der Waals surface area contributed by atoms with Gasteiger partial charge in [0.25, 0.3) is 11.5 Å². The molecule has 3 rings (SSSR count). The number of carbonyl (C=O) groups is 1.